The molecule has 3 heterocycles. The normalized spacial score (nSPS) is 10.9. The molecule has 0 aliphatic heterocycles. The van der Waals surface area contributed by atoms with Crippen molar-refractivity contribution in [3.63, 3.8) is 0 Å². The van der Waals surface area contributed by atoms with Crippen LogP contribution in [0.15, 0.2) is 33.4 Å². The number of nitrogens with zero attached hydrogens (tertiary/aromatic N) is 2. The van der Waals surface area contributed by atoms with Gasteiger partial charge in [-0.1, -0.05) is 5.16 Å². The van der Waals surface area contributed by atoms with Gasteiger partial charge in [0.25, 0.3) is 11.6 Å². The minimum absolute atomic E-state index is 0.276. The van der Waals surface area contributed by atoms with Crippen molar-refractivity contribution < 1.29 is 18.6 Å². The monoisotopic (exact) mass is 273 g/mol. The third kappa shape index (κ3) is 1.94. The van der Waals surface area contributed by atoms with Crippen LogP contribution in [0.2, 0.25) is 0 Å². The summed E-state index contributed by atoms with van der Waals surface area (Å²) in [6.07, 6.45) is 1.53. The van der Waals surface area contributed by atoms with E-state index >= 15 is 0 Å². The van der Waals surface area contributed by atoms with Gasteiger partial charge >= 0.3 is 0 Å². The molecule has 3 aromatic heterocycles. The van der Waals surface area contributed by atoms with Gasteiger partial charge in [-0.3, -0.25) is 9.63 Å². The average molecular weight is 273 g/mol. The number of aryl methyl sites for hydroxylation is 1. The van der Waals surface area contributed by atoms with E-state index < -0.39 is 5.91 Å². The van der Waals surface area contributed by atoms with Crippen molar-refractivity contribution in [3.8, 4) is 11.5 Å². The Bertz CT molecular complexity index is 761. The molecule has 0 radical (unpaired) electrons. The molecule has 7 heteroatoms. The number of fused-ring (bicyclic) bond motifs is 1. The number of carbonyl (C=O) groups excluding carboxylic acids is 1. The van der Waals surface area contributed by atoms with Gasteiger partial charge in [-0.15, -0.1) is 0 Å². The Labute approximate surface area is 113 Å². The number of amides is 1. The maximum atomic E-state index is 12.1. The highest BCUT2D eigenvalue weighted by Gasteiger charge is 2.19. The molecular formula is C13H11N3O4. The fraction of sp³-hybridized carbons (Fsp3) is 0.154. The van der Waals surface area contributed by atoms with E-state index in [2.05, 4.69) is 20.5 Å². The minimum Gasteiger partial charge on any atom is -0.463 e. The molecule has 0 bridgehead atoms. The maximum absolute atomic E-state index is 12.1. The summed E-state index contributed by atoms with van der Waals surface area (Å²) in [5, 5.41) is 4.38. The summed E-state index contributed by atoms with van der Waals surface area (Å²) < 4.78 is 10.4. The molecule has 0 aromatic carbocycles. The Hall–Kier alpha value is -2.67. The van der Waals surface area contributed by atoms with Gasteiger partial charge in [0.15, 0.2) is 5.76 Å². The molecule has 0 spiro atoms. The summed E-state index contributed by atoms with van der Waals surface area (Å²) in [4.78, 5) is 21.0. The van der Waals surface area contributed by atoms with Gasteiger partial charge in [0.2, 0.25) is 0 Å². The first-order valence-electron chi connectivity index (χ1n) is 5.85. The van der Waals surface area contributed by atoms with Crippen molar-refractivity contribution in [1.29, 1.82) is 0 Å². The summed E-state index contributed by atoms with van der Waals surface area (Å²) in [7, 11) is 1.37. The van der Waals surface area contributed by atoms with Crippen LogP contribution in [0.3, 0.4) is 0 Å². The number of hydrogen-bond acceptors (Lipinski definition) is 6. The third-order valence-corrected chi connectivity index (χ3v) is 2.83. The molecular weight excluding hydrogens is 262 g/mol. The fourth-order valence-electron chi connectivity index (χ4n) is 1.97. The largest absolute Gasteiger partial charge is 0.463 e. The summed E-state index contributed by atoms with van der Waals surface area (Å²) in [5.41, 5.74) is 3.98. The standard InChI is InChI=1S/C13H11N3O4/c1-7-11-8(12(17)16-18-2)6-9(10-4-3-5-19-10)14-13(11)20-15-7/h3-6H,1-2H3,(H,16,17). The van der Waals surface area contributed by atoms with Gasteiger partial charge in [-0.05, 0) is 25.1 Å². The number of hydroxylamine groups is 1. The lowest BCUT2D eigenvalue weighted by Crippen LogP contribution is -2.22. The van der Waals surface area contributed by atoms with Gasteiger partial charge in [-0.25, -0.2) is 10.5 Å². The van der Waals surface area contributed by atoms with Crippen LogP contribution < -0.4 is 5.48 Å². The highest BCUT2D eigenvalue weighted by atomic mass is 16.6. The number of aromatic nitrogens is 2. The zero-order chi connectivity index (χ0) is 14.1. The topological polar surface area (TPSA) is 90.4 Å². The second kappa shape index (κ2) is 4.78. The Morgan fingerprint density at radius 3 is 3.00 bits per heavy atom. The predicted octanol–water partition coefficient (Wildman–Crippen LogP) is 2.08. The first kappa shape index (κ1) is 12.4. The van der Waals surface area contributed by atoms with Crippen molar-refractivity contribution in [3.05, 3.63) is 35.7 Å². The molecule has 0 unspecified atom stereocenters. The van der Waals surface area contributed by atoms with E-state index in [1.54, 1.807) is 25.1 Å². The van der Waals surface area contributed by atoms with Crippen molar-refractivity contribution in [1.82, 2.24) is 15.6 Å². The predicted molar refractivity (Wildman–Crippen MR) is 68.7 cm³/mol. The second-order valence-electron chi connectivity index (χ2n) is 4.12. The van der Waals surface area contributed by atoms with E-state index in [4.69, 9.17) is 8.94 Å². The summed E-state index contributed by atoms with van der Waals surface area (Å²) in [6.45, 7) is 1.74. The van der Waals surface area contributed by atoms with Gasteiger partial charge < -0.3 is 8.94 Å². The Balaban J connectivity index is 2.24. The SMILES string of the molecule is CONC(=O)c1cc(-c2ccco2)nc2onc(C)c12. The van der Waals surface area contributed by atoms with Crippen LogP contribution in [0, 0.1) is 6.92 Å². The Morgan fingerprint density at radius 1 is 1.45 bits per heavy atom. The van der Waals surface area contributed by atoms with E-state index in [-0.39, 0.29) is 5.71 Å². The molecule has 0 aliphatic rings. The molecule has 0 fully saturated rings. The van der Waals surface area contributed by atoms with E-state index in [0.717, 1.165) is 0 Å². The fourth-order valence-corrected chi connectivity index (χ4v) is 1.97. The average Bonchev–Trinajstić information content (AvgIpc) is 3.08. The van der Waals surface area contributed by atoms with Crippen LogP contribution in [0.25, 0.3) is 22.6 Å². The van der Waals surface area contributed by atoms with Gasteiger partial charge in [0.1, 0.15) is 5.69 Å². The summed E-state index contributed by atoms with van der Waals surface area (Å²) in [5.74, 6) is 0.131. The molecule has 3 rings (SSSR count). The number of furan rings is 1. The molecule has 20 heavy (non-hydrogen) atoms. The summed E-state index contributed by atoms with van der Waals surface area (Å²) >= 11 is 0. The van der Waals surface area contributed by atoms with Crippen molar-refractivity contribution in [2.45, 2.75) is 6.92 Å². The van der Waals surface area contributed by atoms with Crippen LogP contribution in [0.4, 0.5) is 0 Å². The lowest BCUT2D eigenvalue weighted by molar-refractivity contribution is 0.0539. The quantitative estimate of drug-likeness (QED) is 0.735. The minimum atomic E-state index is -0.404. The molecule has 0 saturated heterocycles. The zero-order valence-corrected chi connectivity index (χ0v) is 10.8. The lowest BCUT2D eigenvalue weighted by atomic mass is 10.1. The highest BCUT2D eigenvalue weighted by Crippen LogP contribution is 2.27. The van der Waals surface area contributed by atoms with Crippen molar-refractivity contribution in [2.24, 2.45) is 0 Å². The van der Waals surface area contributed by atoms with E-state index in [1.165, 1.54) is 13.4 Å². The molecule has 102 valence electrons. The molecule has 3 aromatic rings. The van der Waals surface area contributed by atoms with Crippen LogP contribution >= 0.6 is 0 Å². The van der Waals surface area contributed by atoms with E-state index in [0.29, 0.717) is 28.1 Å². The number of nitrogens with one attached hydrogen (secondary N) is 1. The smallest absolute Gasteiger partial charge is 0.275 e. The number of carbonyl (C=O) groups is 1. The van der Waals surface area contributed by atoms with E-state index in [1.807, 2.05) is 0 Å². The first-order valence-corrected chi connectivity index (χ1v) is 5.85. The van der Waals surface area contributed by atoms with Crippen LogP contribution in [0.5, 0.6) is 0 Å². The number of pyridine rings is 1. The molecule has 7 nitrogen and oxygen atoms in total. The molecule has 1 N–H and O–H groups in total. The molecule has 0 saturated carbocycles. The van der Waals surface area contributed by atoms with Gasteiger partial charge in [0, 0.05) is 0 Å². The molecule has 0 aliphatic carbocycles. The molecule has 1 amide bonds. The van der Waals surface area contributed by atoms with Gasteiger partial charge in [0.05, 0.1) is 30.0 Å². The third-order valence-electron chi connectivity index (χ3n) is 2.83. The second-order valence-corrected chi connectivity index (χ2v) is 4.12. The lowest BCUT2D eigenvalue weighted by Gasteiger charge is -2.05. The van der Waals surface area contributed by atoms with Gasteiger partial charge in [-0.2, -0.15) is 0 Å². The Kier molecular flexibility index (Phi) is 2.96. The van der Waals surface area contributed by atoms with Crippen LogP contribution in [0.1, 0.15) is 16.1 Å². The van der Waals surface area contributed by atoms with Crippen LogP contribution in [-0.2, 0) is 4.84 Å². The maximum Gasteiger partial charge on any atom is 0.275 e. The number of hydrogen-bond donors (Lipinski definition) is 1. The molecule has 0 atom stereocenters. The zero-order valence-electron chi connectivity index (χ0n) is 10.8. The first-order chi connectivity index (χ1) is 9.70. The van der Waals surface area contributed by atoms with E-state index in [9.17, 15) is 4.79 Å². The number of rotatable bonds is 3. The summed E-state index contributed by atoms with van der Waals surface area (Å²) in [6, 6.07) is 5.09. The van der Waals surface area contributed by atoms with Crippen LogP contribution in [-0.4, -0.2) is 23.2 Å². The Morgan fingerprint density at radius 2 is 2.30 bits per heavy atom. The van der Waals surface area contributed by atoms with Crippen molar-refractivity contribution in [2.75, 3.05) is 7.11 Å². The highest BCUT2D eigenvalue weighted by molar-refractivity contribution is 6.06. The van der Waals surface area contributed by atoms with Crippen molar-refractivity contribution >= 4 is 17.0 Å².